The van der Waals surface area contributed by atoms with Crippen LogP contribution >= 0.6 is 0 Å². The first-order valence-electron chi connectivity index (χ1n) is 9.32. The van der Waals surface area contributed by atoms with Gasteiger partial charge in [0.2, 0.25) is 0 Å². The number of hydrogen-bond acceptors (Lipinski definition) is 4. The molecule has 1 atom stereocenters. The van der Waals surface area contributed by atoms with Crippen molar-refractivity contribution in [3.63, 3.8) is 0 Å². The number of aromatic amines is 1. The maximum absolute atomic E-state index is 14.0. The molecule has 0 aliphatic carbocycles. The zero-order valence-electron chi connectivity index (χ0n) is 16.8. The number of hydroxylamine groups is 2. The molecule has 1 aromatic carbocycles. The Balaban J connectivity index is 1.95. The van der Waals surface area contributed by atoms with E-state index in [4.69, 9.17) is 4.74 Å². The molecule has 164 valence electrons. The minimum absolute atomic E-state index is 0.0995. The third kappa shape index (κ3) is 4.32. The van der Waals surface area contributed by atoms with Gasteiger partial charge >= 0.3 is 6.18 Å². The first-order valence-corrected chi connectivity index (χ1v) is 9.32. The standard InChI is InChI=1S/C21H24F4N2O3/c1-19(2,16-9-14(22)4-5-18(16)30-3)12-20(28,21(23,24)25)10-15-8-13-6-7-27(29)11-17(13)26-15/h4-9,26,28-29H,10-12H2,1-3H3. The maximum Gasteiger partial charge on any atom is 0.417 e. The van der Waals surface area contributed by atoms with Crippen LogP contribution in [0.5, 0.6) is 5.75 Å². The Kier molecular flexibility index (Phi) is 5.64. The molecule has 0 fully saturated rings. The lowest BCUT2D eigenvalue weighted by molar-refractivity contribution is -0.266. The van der Waals surface area contributed by atoms with E-state index in [-0.39, 0.29) is 23.6 Å². The van der Waals surface area contributed by atoms with Crippen LogP contribution in [0.4, 0.5) is 17.6 Å². The largest absolute Gasteiger partial charge is 0.496 e. The molecule has 3 N–H and O–H groups in total. The molecule has 0 amide bonds. The smallest absolute Gasteiger partial charge is 0.417 e. The number of hydrogen-bond donors (Lipinski definition) is 3. The lowest BCUT2D eigenvalue weighted by atomic mass is 9.73. The number of nitrogens with one attached hydrogen (secondary N) is 1. The summed E-state index contributed by atoms with van der Waals surface area (Å²) in [6.45, 7) is 3.11. The number of alkyl halides is 3. The number of ether oxygens (including phenoxy) is 1. The average Bonchev–Trinajstić information content (AvgIpc) is 3.01. The second-order valence-electron chi connectivity index (χ2n) is 8.25. The van der Waals surface area contributed by atoms with Gasteiger partial charge in [-0.1, -0.05) is 13.8 Å². The highest BCUT2D eigenvalue weighted by Gasteiger charge is 2.56. The van der Waals surface area contributed by atoms with Crippen LogP contribution < -0.4 is 4.74 Å². The number of methoxy groups -OCH3 is 1. The molecule has 2 aromatic rings. The second-order valence-corrected chi connectivity index (χ2v) is 8.25. The van der Waals surface area contributed by atoms with Gasteiger partial charge in [0.15, 0.2) is 5.60 Å². The van der Waals surface area contributed by atoms with Gasteiger partial charge in [0.05, 0.1) is 13.7 Å². The predicted molar refractivity (Wildman–Crippen MR) is 102 cm³/mol. The van der Waals surface area contributed by atoms with Crippen molar-refractivity contribution in [1.82, 2.24) is 10.0 Å². The van der Waals surface area contributed by atoms with Crippen LogP contribution in [0.15, 0.2) is 30.5 Å². The molecule has 0 radical (unpaired) electrons. The fraction of sp³-hybridized carbons (Fsp3) is 0.429. The summed E-state index contributed by atoms with van der Waals surface area (Å²) in [6.07, 6.45) is -3.41. The third-order valence-corrected chi connectivity index (χ3v) is 5.37. The minimum Gasteiger partial charge on any atom is -0.496 e. The number of aromatic nitrogens is 1. The lowest BCUT2D eigenvalue weighted by Crippen LogP contribution is -2.51. The van der Waals surface area contributed by atoms with E-state index in [1.54, 1.807) is 6.08 Å². The van der Waals surface area contributed by atoms with Crippen molar-refractivity contribution >= 4 is 6.08 Å². The fourth-order valence-electron chi connectivity index (χ4n) is 3.95. The van der Waals surface area contributed by atoms with E-state index in [2.05, 4.69) is 4.98 Å². The highest BCUT2D eigenvalue weighted by molar-refractivity contribution is 5.55. The van der Waals surface area contributed by atoms with E-state index in [1.165, 1.54) is 39.3 Å². The lowest BCUT2D eigenvalue weighted by Gasteiger charge is -2.38. The van der Waals surface area contributed by atoms with Gasteiger partial charge in [-0.25, -0.2) is 4.39 Å². The molecule has 0 bridgehead atoms. The number of nitrogens with zero attached hydrogens (tertiary/aromatic N) is 1. The Morgan fingerprint density at radius 1 is 1.20 bits per heavy atom. The van der Waals surface area contributed by atoms with Crippen LogP contribution in [0, 0.1) is 5.82 Å². The summed E-state index contributed by atoms with van der Waals surface area (Å²) in [5, 5.41) is 21.2. The molecule has 0 saturated heterocycles. The summed E-state index contributed by atoms with van der Waals surface area (Å²) >= 11 is 0. The van der Waals surface area contributed by atoms with Gasteiger partial charge in [0, 0.05) is 29.6 Å². The molecule has 1 aliphatic heterocycles. The van der Waals surface area contributed by atoms with Crippen LogP contribution in [-0.2, 0) is 18.4 Å². The number of halogens is 4. The number of fused-ring (bicyclic) bond motifs is 1. The van der Waals surface area contributed by atoms with Gasteiger partial charge < -0.3 is 14.8 Å². The number of aliphatic hydroxyl groups is 1. The highest BCUT2D eigenvalue weighted by atomic mass is 19.4. The maximum atomic E-state index is 14.0. The molecule has 0 spiro atoms. The molecule has 30 heavy (non-hydrogen) atoms. The van der Waals surface area contributed by atoms with Crippen molar-refractivity contribution < 1.29 is 32.6 Å². The summed E-state index contributed by atoms with van der Waals surface area (Å²) in [7, 11) is 1.35. The van der Waals surface area contributed by atoms with Crippen LogP contribution in [-0.4, -0.2) is 39.2 Å². The first-order chi connectivity index (χ1) is 13.8. The van der Waals surface area contributed by atoms with Crippen molar-refractivity contribution in [2.45, 2.75) is 50.4 Å². The average molecular weight is 428 g/mol. The molecule has 0 saturated carbocycles. The van der Waals surface area contributed by atoms with Gasteiger partial charge in [-0.15, -0.1) is 0 Å². The Labute approximate surface area is 171 Å². The van der Waals surface area contributed by atoms with E-state index >= 15 is 0 Å². The Bertz CT molecular complexity index is 952. The van der Waals surface area contributed by atoms with Gasteiger partial charge in [-0.3, -0.25) is 10.3 Å². The normalized spacial score (nSPS) is 16.4. The topological polar surface area (TPSA) is 68.7 Å². The van der Waals surface area contributed by atoms with E-state index in [0.29, 0.717) is 11.3 Å². The summed E-state index contributed by atoms with van der Waals surface area (Å²) < 4.78 is 61.0. The molecule has 2 heterocycles. The van der Waals surface area contributed by atoms with Gasteiger partial charge in [-0.2, -0.15) is 13.2 Å². The Morgan fingerprint density at radius 2 is 1.90 bits per heavy atom. The zero-order valence-corrected chi connectivity index (χ0v) is 16.8. The zero-order chi connectivity index (χ0) is 22.3. The Morgan fingerprint density at radius 3 is 2.53 bits per heavy atom. The van der Waals surface area contributed by atoms with Crippen molar-refractivity contribution in [1.29, 1.82) is 0 Å². The van der Waals surface area contributed by atoms with Crippen LogP contribution in [0.3, 0.4) is 0 Å². The van der Waals surface area contributed by atoms with E-state index < -0.39 is 35.9 Å². The molecular formula is C21H24F4N2O3. The predicted octanol–water partition coefficient (Wildman–Crippen LogP) is 4.54. The molecule has 3 rings (SSSR count). The quantitative estimate of drug-likeness (QED) is 0.591. The molecule has 1 aromatic heterocycles. The van der Waals surface area contributed by atoms with Crippen LogP contribution in [0.25, 0.3) is 6.08 Å². The molecule has 1 aliphatic rings. The highest BCUT2D eigenvalue weighted by Crippen LogP contribution is 2.45. The second kappa shape index (κ2) is 7.63. The summed E-state index contributed by atoms with van der Waals surface area (Å²) in [5.74, 6) is -0.360. The number of rotatable bonds is 6. The van der Waals surface area contributed by atoms with Gasteiger partial charge in [-0.05, 0) is 47.7 Å². The van der Waals surface area contributed by atoms with Crippen LogP contribution in [0.2, 0.25) is 0 Å². The SMILES string of the molecule is COc1ccc(F)cc1C(C)(C)CC(O)(Cc1cc2c([nH]1)CN(O)C=C2)C(F)(F)F. The number of H-pyrrole nitrogens is 1. The molecule has 5 nitrogen and oxygen atoms in total. The van der Waals surface area contributed by atoms with Crippen molar-refractivity contribution in [2.24, 2.45) is 0 Å². The number of benzene rings is 1. The fourth-order valence-corrected chi connectivity index (χ4v) is 3.95. The Hall–Kier alpha value is -2.52. The summed E-state index contributed by atoms with van der Waals surface area (Å²) in [4.78, 5) is 2.85. The van der Waals surface area contributed by atoms with E-state index in [9.17, 15) is 27.9 Å². The van der Waals surface area contributed by atoms with Crippen molar-refractivity contribution in [2.75, 3.05) is 7.11 Å². The van der Waals surface area contributed by atoms with E-state index in [0.717, 1.165) is 17.2 Å². The van der Waals surface area contributed by atoms with Gasteiger partial charge in [0.25, 0.3) is 0 Å². The van der Waals surface area contributed by atoms with Crippen LogP contribution in [0.1, 0.15) is 42.8 Å². The monoisotopic (exact) mass is 428 g/mol. The van der Waals surface area contributed by atoms with Crippen molar-refractivity contribution in [3.05, 3.63) is 58.8 Å². The van der Waals surface area contributed by atoms with E-state index in [1.807, 2.05) is 0 Å². The van der Waals surface area contributed by atoms with Gasteiger partial charge in [0.1, 0.15) is 11.6 Å². The van der Waals surface area contributed by atoms with Crippen molar-refractivity contribution in [3.8, 4) is 5.75 Å². The summed E-state index contributed by atoms with van der Waals surface area (Å²) in [6, 6.07) is 5.16. The third-order valence-electron chi connectivity index (χ3n) is 5.37. The molecule has 1 unspecified atom stereocenters. The minimum atomic E-state index is -4.94. The summed E-state index contributed by atoms with van der Waals surface area (Å²) in [5.41, 5.74) is -2.73. The first kappa shape index (κ1) is 22.2. The molecule has 9 heteroatoms. The molecular weight excluding hydrogens is 404 g/mol.